The lowest BCUT2D eigenvalue weighted by molar-refractivity contribution is 0.344. The molecule has 4 nitrogen and oxygen atoms in total. The van der Waals surface area contributed by atoms with Crippen LogP contribution >= 0.6 is 0 Å². The van der Waals surface area contributed by atoms with Gasteiger partial charge in [-0.15, -0.1) is 0 Å². The molecule has 0 amide bonds. The lowest BCUT2D eigenvalue weighted by Crippen LogP contribution is -2.27. The van der Waals surface area contributed by atoms with Crippen LogP contribution in [0.1, 0.15) is 20.3 Å². The minimum atomic E-state index is -3.48. The van der Waals surface area contributed by atoms with E-state index in [1.807, 2.05) is 38.1 Å². The van der Waals surface area contributed by atoms with Crippen molar-refractivity contribution < 1.29 is 13.2 Å². The zero-order valence-corrected chi connectivity index (χ0v) is 13.5. The van der Waals surface area contributed by atoms with Crippen molar-refractivity contribution in [3.05, 3.63) is 36.4 Å². The van der Waals surface area contributed by atoms with Crippen LogP contribution in [-0.4, -0.2) is 32.9 Å². The molecule has 0 aliphatic heterocycles. The fourth-order valence-electron chi connectivity index (χ4n) is 2.35. The minimum absolute atomic E-state index is 0.331. The molecule has 0 heterocycles. The lowest BCUT2D eigenvalue weighted by atomic mass is 10.1. The summed E-state index contributed by atoms with van der Waals surface area (Å²) in [5.74, 6) is 0.713. The van der Waals surface area contributed by atoms with Gasteiger partial charge in [0.2, 0.25) is 10.0 Å². The highest BCUT2D eigenvalue weighted by Gasteiger charge is 2.23. The Hall–Kier alpha value is -1.59. The molecule has 0 saturated heterocycles. The molecule has 0 N–H and O–H groups in total. The van der Waals surface area contributed by atoms with E-state index < -0.39 is 10.0 Å². The fourth-order valence-corrected chi connectivity index (χ4v) is 3.81. The highest BCUT2D eigenvalue weighted by molar-refractivity contribution is 7.89. The van der Waals surface area contributed by atoms with Crippen LogP contribution in [0.15, 0.2) is 41.3 Å². The molecule has 2 aromatic rings. The van der Waals surface area contributed by atoms with Crippen LogP contribution in [0, 0.1) is 0 Å². The van der Waals surface area contributed by atoms with E-state index in [1.54, 1.807) is 19.2 Å². The normalized spacial score (nSPS) is 12.0. The molecule has 5 heteroatoms. The molecule has 2 aromatic carbocycles. The molecule has 0 atom stereocenters. The van der Waals surface area contributed by atoms with Crippen LogP contribution in [0.2, 0.25) is 0 Å². The van der Waals surface area contributed by atoms with Gasteiger partial charge in [-0.3, -0.25) is 0 Å². The van der Waals surface area contributed by atoms with Gasteiger partial charge in [-0.2, -0.15) is 0 Å². The van der Waals surface area contributed by atoms with Crippen LogP contribution in [0.3, 0.4) is 0 Å². The second-order valence-corrected chi connectivity index (χ2v) is 6.88. The second-order valence-electron chi connectivity index (χ2n) is 4.87. The van der Waals surface area contributed by atoms with E-state index in [0.717, 1.165) is 11.8 Å². The molecule has 114 valence electrons. The Kier molecular flexibility index (Phi) is 4.85. The summed E-state index contributed by atoms with van der Waals surface area (Å²) in [6.45, 7) is 4.92. The van der Waals surface area contributed by atoms with E-state index in [4.69, 9.17) is 4.74 Å². The predicted octanol–water partition coefficient (Wildman–Crippen LogP) is 3.27. The van der Waals surface area contributed by atoms with Crippen LogP contribution < -0.4 is 4.74 Å². The van der Waals surface area contributed by atoms with Gasteiger partial charge in [0.1, 0.15) is 5.75 Å². The maximum absolute atomic E-state index is 12.7. The van der Waals surface area contributed by atoms with E-state index >= 15 is 0 Å². The van der Waals surface area contributed by atoms with Gasteiger partial charge >= 0.3 is 0 Å². The van der Waals surface area contributed by atoms with Crippen molar-refractivity contribution in [2.45, 2.75) is 25.2 Å². The van der Waals surface area contributed by atoms with Gasteiger partial charge in [0, 0.05) is 24.4 Å². The van der Waals surface area contributed by atoms with Gasteiger partial charge in [0.05, 0.1) is 11.5 Å². The molecule has 0 unspecified atom stereocenters. The van der Waals surface area contributed by atoms with E-state index in [9.17, 15) is 8.42 Å². The average molecular weight is 307 g/mol. The van der Waals surface area contributed by atoms with Gasteiger partial charge in [-0.1, -0.05) is 31.2 Å². The van der Waals surface area contributed by atoms with Crippen molar-refractivity contribution >= 4 is 20.8 Å². The highest BCUT2D eigenvalue weighted by Crippen LogP contribution is 2.32. The first kappa shape index (κ1) is 15.8. The quantitative estimate of drug-likeness (QED) is 0.823. The van der Waals surface area contributed by atoms with Gasteiger partial charge in [-0.05, 0) is 25.5 Å². The number of nitrogens with zero attached hydrogens (tertiary/aromatic N) is 1. The van der Waals surface area contributed by atoms with Gasteiger partial charge in [-0.25, -0.2) is 12.7 Å². The Morgan fingerprint density at radius 2 is 1.71 bits per heavy atom. The Morgan fingerprint density at radius 1 is 1.05 bits per heavy atom. The molecule has 0 fully saturated rings. The zero-order valence-electron chi connectivity index (χ0n) is 12.7. The number of benzene rings is 2. The zero-order chi connectivity index (χ0) is 15.5. The van der Waals surface area contributed by atoms with E-state index in [0.29, 0.717) is 29.2 Å². The lowest BCUT2D eigenvalue weighted by Gasteiger charge is -2.18. The molecule has 0 spiro atoms. The van der Waals surface area contributed by atoms with Crippen molar-refractivity contribution in [2.75, 3.05) is 20.2 Å². The number of sulfonamides is 1. The third-order valence-electron chi connectivity index (χ3n) is 3.37. The van der Waals surface area contributed by atoms with Gasteiger partial charge in [0.25, 0.3) is 0 Å². The Balaban J connectivity index is 2.64. The number of ether oxygens (including phenoxy) is 1. The third kappa shape index (κ3) is 3.04. The number of rotatable bonds is 6. The molecule has 0 aromatic heterocycles. The van der Waals surface area contributed by atoms with E-state index in [1.165, 1.54) is 4.31 Å². The first-order valence-electron chi connectivity index (χ1n) is 7.13. The number of hydrogen-bond donors (Lipinski definition) is 0. The Bertz CT molecular complexity index is 725. The Labute approximate surface area is 126 Å². The summed E-state index contributed by atoms with van der Waals surface area (Å²) in [5.41, 5.74) is 0. The molecule has 0 saturated carbocycles. The SMILES string of the molecule is CCCN(C)S(=O)(=O)c1ccc(OCC)c2ccccc12. The summed E-state index contributed by atoms with van der Waals surface area (Å²) in [5, 5.41) is 1.52. The summed E-state index contributed by atoms with van der Waals surface area (Å²) >= 11 is 0. The van der Waals surface area contributed by atoms with Crippen LogP contribution in [-0.2, 0) is 10.0 Å². The molecule has 0 radical (unpaired) electrons. The average Bonchev–Trinajstić information content (AvgIpc) is 2.48. The van der Waals surface area contributed by atoms with Crippen LogP contribution in [0.25, 0.3) is 10.8 Å². The standard InChI is InChI=1S/C16H21NO3S/c1-4-12-17(3)21(18,19)16-11-10-15(20-5-2)13-8-6-7-9-14(13)16/h6-11H,4-5,12H2,1-3H3. The predicted molar refractivity (Wildman–Crippen MR) is 85.2 cm³/mol. The monoisotopic (exact) mass is 307 g/mol. The highest BCUT2D eigenvalue weighted by atomic mass is 32.2. The fraction of sp³-hybridized carbons (Fsp3) is 0.375. The summed E-state index contributed by atoms with van der Waals surface area (Å²) in [6, 6.07) is 10.8. The van der Waals surface area contributed by atoms with Crippen molar-refractivity contribution in [2.24, 2.45) is 0 Å². The summed E-state index contributed by atoms with van der Waals surface area (Å²) < 4.78 is 32.4. The van der Waals surface area contributed by atoms with Crippen molar-refractivity contribution in [1.29, 1.82) is 0 Å². The summed E-state index contributed by atoms with van der Waals surface area (Å²) in [4.78, 5) is 0.331. The van der Waals surface area contributed by atoms with Crippen LogP contribution in [0.5, 0.6) is 5.75 Å². The number of fused-ring (bicyclic) bond motifs is 1. The van der Waals surface area contributed by atoms with Gasteiger partial charge in [0.15, 0.2) is 0 Å². The largest absolute Gasteiger partial charge is 0.493 e. The molecule has 0 bridgehead atoms. The molecule has 2 rings (SSSR count). The summed E-state index contributed by atoms with van der Waals surface area (Å²) in [6.07, 6.45) is 0.782. The van der Waals surface area contributed by atoms with Crippen molar-refractivity contribution in [3.63, 3.8) is 0 Å². The first-order valence-corrected chi connectivity index (χ1v) is 8.57. The smallest absolute Gasteiger partial charge is 0.243 e. The topological polar surface area (TPSA) is 46.6 Å². The molecule has 0 aliphatic carbocycles. The number of hydrogen-bond acceptors (Lipinski definition) is 3. The Morgan fingerprint density at radius 3 is 2.33 bits per heavy atom. The maximum atomic E-state index is 12.7. The van der Waals surface area contributed by atoms with E-state index in [2.05, 4.69) is 0 Å². The van der Waals surface area contributed by atoms with Crippen molar-refractivity contribution in [1.82, 2.24) is 4.31 Å². The summed E-state index contributed by atoms with van der Waals surface area (Å²) in [7, 11) is -1.87. The van der Waals surface area contributed by atoms with Crippen LogP contribution in [0.4, 0.5) is 0 Å². The van der Waals surface area contributed by atoms with Crippen molar-refractivity contribution in [3.8, 4) is 5.75 Å². The van der Waals surface area contributed by atoms with Gasteiger partial charge < -0.3 is 4.74 Å². The third-order valence-corrected chi connectivity index (χ3v) is 5.29. The van der Waals surface area contributed by atoms with E-state index in [-0.39, 0.29) is 0 Å². The minimum Gasteiger partial charge on any atom is -0.493 e. The maximum Gasteiger partial charge on any atom is 0.243 e. The second kappa shape index (κ2) is 6.45. The molecule has 21 heavy (non-hydrogen) atoms. The molecule has 0 aliphatic rings. The first-order chi connectivity index (χ1) is 10.0. The molecular formula is C16H21NO3S. The molecular weight excluding hydrogens is 286 g/mol.